The summed E-state index contributed by atoms with van der Waals surface area (Å²) in [6.45, 7) is 0. The fourth-order valence-corrected chi connectivity index (χ4v) is 2.08. The van der Waals surface area contributed by atoms with Gasteiger partial charge in [-0.15, -0.1) is 0 Å². The number of aromatic nitrogens is 2. The van der Waals surface area contributed by atoms with E-state index in [-0.39, 0.29) is 0 Å². The first-order valence-electron chi connectivity index (χ1n) is 5.88. The lowest BCUT2D eigenvalue weighted by Gasteiger charge is -2.10. The van der Waals surface area contributed by atoms with E-state index in [0.717, 1.165) is 33.4 Å². The van der Waals surface area contributed by atoms with Gasteiger partial charge in [0.2, 0.25) is 0 Å². The summed E-state index contributed by atoms with van der Waals surface area (Å²) >= 11 is 0. The molecular formula is C14H14N4. The SMILES string of the molecule is CNc1cc2nc3ccccc3nc2cc1NC. The van der Waals surface area contributed by atoms with Gasteiger partial charge in [0.15, 0.2) is 0 Å². The highest BCUT2D eigenvalue weighted by atomic mass is 14.9. The predicted molar refractivity (Wildman–Crippen MR) is 76.1 cm³/mol. The van der Waals surface area contributed by atoms with Gasteiger partial charge < -0.3 is 10.6 Å². The summed E-state index contributed by atoms with van der Waals surface area (Å²) in [4.78, 5) is 9.26. The highest BCUT2D eigenvalue weighted by Gasteiger charge is 2.06. The van der Waals surface area contributed by atoms with Crippen molar-refractivity contribution in [2.24, 2.45) is 0 Å². The van der Waals surface area contributed by atoms with Crippen LogP contribution in [0.1, 0.15) is 0 Å². The molecule has 3 rings (SSSR count). The minimum absolute atomic E-state index is 0.900. The highest BCUT2D eigenvalue weighted by molar-refractivity contribution is 5.92. The molecule has 0 saturated carbocycles. The Bertz CT molecular complexity index is 659. The van der Waals surface area contributed by atoms with Crippen molar-refractivity contribution < 1.29 is 0 Å². The van der Waals surface area contributed by atoms with Crippen molar-refractivity contribution in [3.05, 3.63) is 36.4 Å². The zero-order valence-electron chi connectivity index (χ0n) is 10.4. The molecule has 0 aliphatic rings. The average molecular weight is 238 g/mol. The Hall–Kier alpha value is -2.36. The summed E-state index contributed by atoms with van der Waals surface area (Å²) in [6, 6.07) is 11.9. The van der Waals surface area contributed by atoms with Gasteiger partial charge in [0.25, 0.3) is 0 Å². The van der Waals surface area contributed by atoms with E-state index in [0.29, 0.717) is 0 Å². The number of rotatable bonds is 2. The van der Waals surface area contributed by atoms with Crippen LogP contribution >= 0.6 is 0 Å². The molecule has 0 unspecified atom stereocenters. The summed E-state index contributed by atoms with van der Waals surface area (Å²) in [5, 5.41) is 6.31. The summed E-state index contributed by atoms with van der Waals surface area (Å²) < 4.78 is 0. The van der Waals surface area contributed by atoms with Gasteiger partial charge in [-0.1, -0.05) is 12.1 Å². The molecule has 4 heteroatoms. The van der Waals surface area contributed by atoms with E-state index < -0.39 is 0 Å². The Morgan fingerprint density at radius 1 is 0.722 bits per heavy atom. The highest BCUT2D eigenvalue weighted by Crippen LogP contribution is 2.27. The number of hydrogen-bond acceptors (Lipinski definition) is 4. The van der Waals surface area contributed by atoms with Crippen molar-refractivity contribution in [2.45, 2.75) is 0 Å². The van der Waals surface area contributed by atoms with Gasteiger partial charge in [-0.3, -0.25) is 0 Å². The van der Waals surface area contributed by atoms with E-state index in [1.165, 1.54) is 0 Å². The lowest BCUT2D eigenvalue weighted by Crippen LogP contribution is -1.98. The largest absolute Gasteiger partial charge is 0.386 e. The van der Waals surface area contributed by atoms with Gasteiger partial charge >= 0.3 is 0 Å². The topological polar surface area (TPSA) is 49.8 Å². The molecule has 18 heavy (non-hydrogen) atoms. The maximum atomic E-state index is 4.63. The fourth-order valence-electron chi connectivity index (χ4n) is 2.08. The van der Waals surface area contributed by atoms with E-state index >= 15 is 0 Å². The van der Waals surface area contributed by atoms with Crippen molar-refractivity contribution in [1.29, 1.82) is 0 Å². The van der Waals surface area contributed by atoms with E-state index in [9.17, 15) is 0 Å². The van der Waals surface area contributed by atoms with Crippen LogP contribution in [0.3, 0.4) is 0 Å². The molecule has 0 aliphatic heterocycles. The molecule has 0 atom stereocenters. The lowest BCUT2D eigenvalue weighted by atomic mass is 10.2. The molecule has 90 valence electrons. The second kappa shape index (κ2) is 4.14. The quantitative estimate of drug-likeness (QED) is 0.674. The van der Waals surface area contributed by atoms with Crippen LogP contribution in [0.25, 0.3) is 22.1 Å². The van der Waals surface area contributed by atoms with Crippen LogP contribution in [-0.4, -0.2) is 24.1 Å². The summed E-state index contributed by atoms with van der Waals surface area (Å²) in [6.07, 6.45) is 0. The van der Waals surface area contributed by atoms with Gasteiger partial charge in [0.05, 0.1) is 33.4 Å². The van der Waals surface area contributed by atoms with Crippen molar-refractivity contribution in [1.82, 2.24) is 9.97 Å². The standard InChI is InChI=1S/C14H14N4/c1-15-11-7-13-14(8-12(11)16-2)18-10-6-4-3-5-9(10)17-13/h3-8,15-16H,1-2H3. The number of fused-ring (bicyclic) bond motifs is 2. The average Bonchev–Trinajstić information content (AvgIpc) is 2.43. The first-order valence-corrected chi connectivity index (χ1v) is 5.88. The Morgan fingerprint density at radius 3 is 1.56 bits per heavy atom. The number of nitrogens with one attached hydrogen (secondary N) is 2. The molecule has 2 N–H and O–H groups in total. The molecule has 0 amide bonds. The smallest absolute Gasteiger partial charge is 0.0916 e. The third kappa shape index (κ3) is 1.62. The van der Waals surface area contributed by atoms with Crippen molar-refractivity contribution in [3.8, 4) is 0 Å². The molecule has 3 aromatic rings. The second-order valence-electron chi connectivity index (χ2n) is 4.10. The third-order valence-corrected chi connectivity index (χ3v) is 3.02. The normalized spacial score (nSPS) is 10.8. The first kappa shape index (κ1) is 10.8. The number of nitrogens with zero attached hydrogens (tertiary/aromatic N) is 2. The summed E-state index contributed by atoms with van der Waals surface area (Å²) in [7, 11) is 3.80. The van der Waals surface area contributed by atoms with E-state index in [4.69, 9.17) is 0 Å². The van der Waals surface area contributed by atoms with Crippen LogP contribution in [0.5, 0.6) is 0 Å². The second-order valence-corrected chi connectivity index (χ2v) is 4.10. The Labute approximate surface area is 105 Å². The van der Waals surface area contributed by atoms with Crippen LogP contribution in [0, 0.1) is 0 Å². The van der Waals surface area contributed by atoms with E-state index in [1.54, 1.807) is 0 Å². The maximum absolute atomic E-state index is 4.63. The zero-order chi connectivity index (χ0) is 12.5. The number of para-hydroxylation sites is 2. The van der Waals surface area contributed by atoms with Crippen molar-refractivity contribution in [3.63, 3.8) is 0 Å². The molecule has 2 aromatic carbocycles. The summed E-state index contributed by atoms with van der Waals surface area (Å²) in [5.74, 6) is 0. The molecule has 0 saturated heterocycles. The summed E-state index contributed by atoms with van der Waals surface area (Å²) in [5.41, 5.74) is 5.69. The predicted octanol–water partition coefficient (Wildman–Crippen LogP) is 2.87. The van der Waals surface area contributed by atoms with Crippen LogP contribution in [-0.2, 0) is 0 Å². The van der Waals surface area contributed by atoms with Gasteiger partial charge in [-0.2, -0.15) is 0 Å². The molecule has 1 heterocycles. The number of anilines is 2. The minimum atomic E-state index is 0.900. The van der Waals surface area contributed by atoms with Crippen LogP contribution < -0.4 is 10.6 Å². The number of benzene rings is 2. The molecular weight excluding hydrogens is 224 g/mol. The van der Waals surface area contributed by atoms with Crippen molar-refractivity contribution >= 4 is 33.4 Å². The monoisotopic (exact) mass is 238 g/mol. The molecule has 0 radical (unpaired) electrons. The molecule has 4 nitrogen and oxygen atoms in total. The van der Waals surface area contributed by atoms with E-state index in [1.807, 2.05) is 50.5 Å². The first-order chi connectivity index (χ1) is 8.81. The molecule has 0 aliphatic carbocycles. The van der Waals surface area contributed by atoms with Crippen molar-refractivity contribution in [2.75, 3.05) is 24.7 Å². The van der Waals surface area contributed by atoms with Gasteiger partial charge in [0.1, 0.15) is 0 Å². The Balaban J connectivity index is 2.36. The van der Waals surface area contributed by atoms with Crippen LogP contribution in [0.2, 0.25) is 0 Å². The third-order valence-electron chi connectivity index (χ3n) is 3.02. The zero-order valence-corrected chi connectivity index (χ0v) is 10.4. The lowest BCUT2D eigenvalue weighted by molar-refractivity contribution is 1.38. The molecule has 0 fully saturated rings. The minimum Gasteiger partial charge on any atom is -0.386 e. The Morgan fingerprint density at radius 2 is 1.17 bits per heavy atom. The van der Waals surface area contributed by atoms with Crippen LogP contribution in [0.4, 0.5) is 11.4 Å². The molecule has 0 bridgehead atoms. The molecule has 1 aromatic heterocycles. The van der Waals surface area contributed by atoms with E-state index in [2.05, 4.69) is 20.6 Å². The molecule has 0 spiro atoms. The van der Waals surface area contributed by atoms with Crippen LogP contribution in [0.15, 0.2) is 36.4 Å². The fraction of sp³-hybridized carbons (Fsp3) is 0.143. The maximum Gasteiger partial charge on any atom is 0.0916 e. The number of hydrogen-bond donors (Lipinski definition) is 2. The van der Waals surface area contributed by atoms with Gasteiger partial charge in [0, 0.05) is 14.1 Å². The van der Waals surface area contributed by atoms with Gasteiger partial charge in [-0.05, 0) is 24.3 Å². The Kier molecular flexibility index (Phi) is 2.48. The van der Waals surface area contributed by atoms with Gasteiger partial charge in [-0.25, -0.2) is 9.97 Å².